The molecule has 0 amide bonds. The lowest BCUT2D eigenvalue weighted by atomic mass is 10.0. The summed E-state index contributed by atoms with van der Waals surface area (Å²) in [6, 6.07) is 14.2. The molecule has 6 heterocycles. The molecule has 1 N–H and O–H groups in total. The molecule has 0 aliphatic carbocycles. The predicted octanol–water partition coefficient (Wildman–Crippen LogP) is 9.65. The molecule has 0 bridgehead atoms. The van der Waals surface area contributed by atoms with E-state index in [1.165, 1.54) is 0 Å². The Bertz CT molecular complexity index is 2630. The molecule has 17 heteroatoms. The maximum Gasteiger partial charge on any atom is 0.313 e. The monoisotopic (exact) mass is 835 g/mol. The molecular weight excluding hydrogens is 801 g/mol. The van der Waals surface area contributed by atoms with Crippen molar-refractivity contribution >= 4 is 57.0 Å². The van der Waals surface area contributed by atoms with Gasteiger partial charge in [-0.3, -0.25) is 14.6 Å². The number of benzene rings is 2. The summed E-state index contributed by atoms with van der Waals surface area (Å²) < 4.78 is 33.4. The lowest BCUT2D eigenvalue weighted by molar-refractivity contribution is -0.159. The first kappa shape index (κ1) is 39.3. The standard InChI is InChI=1S/C42H35Cl2N7O8/c1-21(2)55-32-10-6-24(17-30(32)43)40-49-39(51-58-40)36-35-27(13-15-45-35)25(19-46-36)8-12-34(53)57-33(52)11-7-23-5-9-29(28-14-16-54-37(23)28)38-48-41(59-50-38)26-18-31(44)42(47-20-26)56-22(3)4/h5-6,9-10,13-22,45H,7-8,11-12H2,1-4H3. The third-order valence-corrected chi connectivity index (χ3v) is 9.62. The van der Waals surface area contributed by atoms with E-state index in [9.17, 15) is 9.59 Å². The van der Waals surface area contributed by atoms with Crippen LogP contribution in [0.3, 0.4) is 0 Å². The molecule has 0 aliphatic rings. The molecule has 300 valence electrons. The van der Waals surface area contributed by atoms with Gasteiger partial charge in [0.05, 0.1) is 47.4 Å². The minimum Gasteiger partial charge on any atom is -0.489 e. The number of nitrogens with zero attached hydrogens (tertiary/aromatic N) is 6. The third-order valence-electron chi connectivity index (χ3n) is 9.05. The van der Waals surface area contributed by atoms with Crippen LogP contribution < -0.4 is 9.47 Å². The van der Waals surface area contributed by atoms with Crippen molar-refractivity contribution in [1.29, 1.82) is 0 Å². The number of aromatic nitrogens is 7. The molecular formula is C42H35Cl2N7O8. The molecule has 8 rings (SSSR count). The van der Waals surface area contributed by atoms with Crippen LogP contribution in [0, 0.1) is 0 Å². The van der Waals surface area contributed by atoms with Crippen LogP contribution in [0.4, 0.5) is 0 Å². The first-order valence-electron chi connectivity index (χ1n) is 18.7. The van der Waals surface area contributed by atoms with Gasteiger partial charge in [-0.15, -0.1) is 0 Å². The number of rotatable bonds is 14. The molecule has 2 aromatic carbocycles. The van der Waals surface area contributed by atoms with Crippen molar-refractivity contribution in [2.45, 2.75) is 65.6 Å². The molecule has 59 heavy (non-hydrogen) atoms. The predicted molar refractivity (Wildman–Crippen MR) is 217 cm³/mol. The molecule has 0 saturated carbocycles. The van der Waals surface area contributed by atoms with Gasteiger partial charge in [0.25, 0.3) is 11.8 Å². The van der Waals surface area contributed by atoms with Crippen molar-refractivity contribution < 1.29 is 37.3 Å². The minimum absolute atomic E-state index is 0.0300. The SMILES string of the molecule is CC(C)Oc1ccc(-c2nc(-c3ncc(CCC(=O)OC(=O)CCc4ccc(-c5noc(-c6cnc(OC(C)C)c(Cl)c6)n5)c5ccoc45)c4cc[nH]c34)no2)cc1Cl. The smallest absolute Gasteiger partial charge is 0.313 e. The Balaban J connectivity index is 0.875. The van der Waals surface area contributed by atoms with Gasteiger partial charge in [0, 0.05) is 40.5 Å². The first-order chi connectivity index (χ1) is 28.5. The van der Waals surface area contributed by atoms with E-state index in [1.807, 2.05) is 45.9 Å². The van der Waals surface area contributed by atoms with E-state index in [0.29, 0.717) is 61.0 Å². The average molecular weight is 837 g/mol. The Labute approximate surface area is 346 Å². The second kappa shape index (κ2) is 16.7. The number of hydrogen-bond acceptors (Lipinski definition) is 14. The summed E-state index contributed by atoms with van der Waals surface area (Å²) in [5, 5.41) is 10.6. The van der Waals surface area contributed by atoms with Crippen LogP contribution in [0.25, 0.3) is 67.7 Å². The highest BCUT2D eigenvalue weighted by Crippen LogP contribution is 2.35. The number of pyridine rings is 2. The van der Waals surface area contributed by atoms with E-state index in [2.05, 4.69) is 35.2 Å². The number of aryl methyl sites for hydroxylation is 2. The van der Waals surface area contributed by atoms with Gasteiger partial charge in [-0.05, 0) is 94.1 Å². The highest BCUT2D eigenvalue weighted by Gasteiger charge is 2.21. The second-order valence-electron chi connectivity index (χ2n) is 14.0. The molecule has 0 radical (unpaired) electrons. The number of hydrogen-bond donors (Lipinski definition) is 1. The summed E-state index contributed by atoms with van der Waals surface area (Å²) >= 11 is 12.8. The van der Waals surface area contributed by atoms with E-state index < -0.39 is 11.9 Å². The fourth-order valence-corrected chi connectivity index (χ4v) is 6.85. The number of ether oxygens (including phenoxy) is 3. The number of fused-ring (bicyclic) bond motifs is 2. The van der Waals surface area contributed by atoms with Gasteiger partial charge >= 0.3 is 11.9 Å². The number of furan rings is 1. The maximum absolute atomic E-state index is 12.8. The van der Waals surface area contributed by atoms with Gasteiger partial charge < -0.3 is 32.7 Å². The van der Waals surface area contributed by atoms with E-state index >= 15 is 0 Å². The van der Waals surface area contributed by atoms with Crippen LogP contribution >= 0.6 is 23.2 Å². The van der Waals surface area contributed by atoms with Gasteiger partial charge in [0.2, 0.25) is 17.5 Å². The number of aromatic amines is 1. The van der Waals surface area contributed by atoms with Crippen molar-refractivity contribution in [3.63, 3.8) is 0 Å². The minimum atomic E-state index is -0.657. The summed E-state index contributed by atoms with van der Waals surface area (Å²) in [5.41, 5.74) is 5.01. The molecule has 0 spiro atoms. The van der Waals surface area contributed by atoms with Crippen molar-refractivity contribution in [2.75, 3.05) is 0 Å². The van der Waals surface area contributed by atoms with E-state index in [0.717, 1.165) is 21.9 Å². The Morgan fingerprint density at radius 3 is 2.20 bits per heavy atom. The topological polar surface area (TPSA) is 194 Å². The fourth-order valence-electron chi connectivity index (χ4n) is 6.41. The number of halogens is 2. The van der Waals surface area contributed by atoms with Crippen molar-refractivity contribution in [2.24, 2.45) is 0 Å². The van der Waals surface area contributed by atoms with Crippen molar-refractivity contribution in [3.8, 4) is 57.4 Å². The Hall–Kier alpha value is -6.58. The van der Waals surface area contributed by atoms with Gasteiger partial charge in [-0.2, -0.15) is 9.97 Å². The summed E-state index contributed by atoms with van der Waals surface area (Å²) in [4.78, 5) is 46.7. The number of H-pyrrole nitrogens is 1. The molecule has 8 aromatic rings. The van der Waals surface area contributed by atoms with Crippen molar-refractivity contribution in [1.82, 2.24) is 35.2 Å². The van der Waals surface area contributed by atoms with Gasteiger partial charge in [0.15, 0.2) is 0 Å². The quantitative estimate of drug-likeness (QED) is 0.0803. The molecule has 6 aromatic heterocycles. The molecule has 0 fully saturated rings. The highest BCUT2D eigenvalue weighted by atomic mass is 35.5. The lowest BCUT2D eigenvalue weighted by Gasteiger charge is -2.11. The van der Waals surface area contributed by atoms with E-state index in [1.54, 1.807) is 55.2 Å². The molecule has 0 aliphatic heterocycles. The van der Waals surface area contributed by atoms with Crippen molar-refractivity contribution in [3.05, 3.63) is 94.6 Å². The first-order valence-corrected chi connectivity index (χ1v) is 19.4. The third kappa shape index (κ3) is 8.52. The molecule has 0 saturated heterocycles. The highest BCUT2D eigenvalue weighted by molar-refractivity contribution is 6.32. The van der Waals surface area contributed by atoms with Gasteiger partial charge in [-0.1, -0.05) is 39.6 Å². The van der Waals surface area contributed by atoms with Crippen LogP contribution in [0.2, 0.25) is 10.0 Å². The number of carbonyl (C=O) groups excluding carboxylic acids is 2. The fraction of sp³-hybridized carbons (Fsp3) is 0.238. The Morgan fingerprint density at radius 1 is 0.746 bits per heavy atom. The summed E-state index contributed by atoms with van der Waals surface area (Å²) in [7, 11) is 0. The summed E-state index contributed by atoms with van der Waals surface area (Å²) in [5.74, 6) is 0.645. The Morgan fingerprint density at radius 2 is 1.46 bits per heavy atom. The van der Waals surface area contributed by atoms with Crippen LogP contribution in [-0.2, 0) is 27.2 Å². The summed E-state index contributed by atoms with van der Waals surface area (Å²) in [6.07, 6.45) is 6.83. The zero-order valence-electron chi connectivity index (χ0n) is 32.1. The van der Waals surface area contributed by atoms with Crippen LogP contribution in [-0.4, -0.2) is 59.4 Å². The normalized spacial score (nSPS) is 11.6. The average Bonchev–Trinajstić information content (AvgIpc) is 4.05. The molecule has 0 atom stereocenters. The van der Waals surface area contributed by atoms with Crippen LogP contribution in [0.5, 0.6) is 11.6 Å². The zero-order chi connectivity index (χ0) is 41.2. The molecule has 15 nitrogen and oxygen atoms in total. The van der Waals surface area contributed by atoms with Gasteiger partial charge in [0.1, 0.15) is 22.0 Å². The Kier molecular flexibility index (Phi) is 11.1. The largest absolute Gasteiger partial charge is 0.489 e. The number of nitrogens with one attached hydrogen (secondary N) is 1. The van der Waals surface area contributed by atoms with Crippen LogP contribution in [0.1, 0.15) is 51.7 Å². The number of carbonyl (C=O) groups is 2. The molecule has 0 unspecified atom stereocenters. The maximum atomic E-state index is 12.8. The van der Waals surface area contributed by atoms with E-state index in [4.69, 9.17) is 50.9 Å². The lowest BCUT2D eigenvalue weighted by Crippen LogP contribution is -2.13. The van der Waals surface area contributed by atoms with E-state index in [-0.39, 0.29) is 55.5 Å². The zero-order valence-corrected chi connectivity index (χ0v) is 33.6. The summed E-state index contributed by atoms with van der Waals surface area (Å²) in [6.45, 7) is 7.60. The second-order valence-corrected chi connectivity index (χ2v) is 14.8. The van der Waals surface area contributed by atoms with Gasteiger partial charge in [-0.25, -0.2) is 4.98 Å². The van der Waals surface area contributed by atoms with Crippen LogP contribution in [0.15, 0.2) is 86.8 Å². The number of esters is 2.